The second kappa shape index (κ2) is 19.3. The van der Waals surface area contributed by atoms with Crippen molar-refractivity contribution in [1.29, 1.82) is 0 Å². The Hall–Kier alpha value is -3.98. The minimum atomic E-state index is -0.166. The Kier molecular flexibility index (Phi) is 16.6. The first kappa shape index (κ1) is 37.0. The summed E-state index contributed by atoms with van der Waals surface area (Å²) in [5.74, 6) is 0.941. The van der Waals surface area contributed by atoms with Crippen molar-refractivity contribution < 1.29 is 14.3 Å². The molecule has 0 aliphatic carbocycles. The number of allylic oxidation sites excluding steroid dienone is 1. The standard InChI is InChI=1S/C30H37N5O3S.2C2H6/c1-8-24-13-26(15-27(14-24)38-6)35-18-25(21(3)34(30(35)37)17-20(2)19-39-7)16-31-22(4)32-28-11-9-10-12-29(28)33-23(5)36;2*1-2/h9-16,19,32H,4,8,17-18H2,1-3,5-7H3,(H,33,36);2*1-2H3/b20-19+,31-16-;;. The van der Waals surface area contributed by atoms with Gasteiger partial charge in [-0.3, -0.25) is 14.6 Å². The summed E-state index contributed by atoms with van der Waals surface area (Å²) in [6, 6.07) is 13.1. The number of methoxy groups -OCH3 is 1. The average Bonchev–Trinajstić information content (AvgIpc) is 3.01. The van der Waals surface area contributed by atoms with Crippen LogP contribution in [0.3, 0.4) is 0 Å². The van der Waals surface area contributed by atoms with Crippen LogP contribution >= 0.6 is 11.8 Å². The van der Waals surface area contributed by atoms with Gasteiger partial charge in [0.2, 0.25) is 5.91 Å². The van der Waals surface area contributed by atoms with E-state index in [0.717, 1.165) is 34.5 Å². The van der Waals surface area contributed by atoms with Crippen LogP contribution in [-0.4, -0.2) is 49.5 Å². The highest BCUT2D eigenvalue weighted by Gasteiger charge is 2.31. The fourth-order valence-electron chi connectivity index (χ4n) is 4.18. The molecule has 2 aromatic rings. The van der Waals surface area contributed by atoms with Crippen LogP contribution < -0.4 is 20.3 Å². The van der Waals surface area contributed by atoms with Crippen molar-refractivity contribution >= 4 is 47.0 Å². The van der Waals surface area contributed by atoms with Crippen molar-refractivity contribution in [2.24, 2.45) is 4.99 Å². The molecule has 1 heterocycles. The van der Waals surface area contributed by atoms with Crippen LogP contribution in [0, 0.1) is 0 Å². The van der Waals surface area contributed by atoms with Crippen molar-refractivity contribution in [2.45, 2.75) is 61.8 Å². The number of aliphatic imine (C=N–C) groups is 1. The summed E-state index contributed by atoms with van der Waals surface area (Å²) in [5.41, 5.74) is 5.96. The summed E-state index contributed by atoms with van der Waals surface area (Å²) >= 11 is 1.61. The monoisotopic (exact) mass is 607 g/mol. The molecule has 0 bridgehead atoms. The highest BCUT2D eigenvalue weighted by Crippen LogP contribution is 2.31. The van der Waals surface area contributed by atoms with Gasteiger partial charge in [0.15, 0.2) is 0 Å². The van der Waals surface area contributed by atoms with Gasteiger partial charge in [-0.1, -0.05) is 53.3 Å². The van der Waals surface area contributed by atoms with Crippen molar-refractivity contribution in [2.75, 3.05) is 42.0 Å². The number of hydrogen-bond acceptors (Lipinski definition) is 6. The van der Waals surface area contributed by atoms with Gasteiger partial charge in [-0.25, -0.2) is 9.79 Å². The van der Waals surface area contributed by atoms with Gasteiger partial charge in [0.1, 0.15) is 11.6 Å². The molecular formula is C34H49N5O3S. The second-order valence-electron chi connectivity index (χ2n) is 9.21. The molecule has 234 valence electrons. The Morgan fingerprint density at radius 2 is 1.72 bits per heavy atom. The van der Waals surface area contributed by atoms with Gasteiger partial charge < -0.3 is 15.4 Å². The van der Waals surface area contributed by atoms with Gasteiger partial charge >= 0.3 is 6.03 Å². The normalized spacial score (nSPS) is 13.2. The van der Waals surface area contributed by atoms with Crippen LogP contribution in [-0.2, 0) is 11.2 Å². The van der Waals surface area contributed by atoms with Gasteiger partial charge in [-0.15, -0.1) is 11.8 Å². The zero-order valence-electron chi connectivity index (χ0n) is 27.5. The number of urea groups is 1. The summed E-state index contributed by atoms with van der Waals surface area (Å²) < 4.78 is 5.52. The van der Waals surface area contributed by atoms with Crippen LogP contribution in [0.15, 0.2) is 82.1 Å². The first-order chi connectivity index (χ1) is 20.7. The van der Waals surface area contributed by atoms with Gasteiger partial charge in [0.25, 0.3) is 0 Å². The zero-order valence-corrected chi connectivity index (χ0v) is 28.3. The quantitative estimate of drug-likeness (QED) is 0.250. The first-order valence-corrected chi connectivity index (χ1v) is 16.0. The molecule has 0 unspecified atom stereocenters. The fraction of sp³-hybridized carbons (Fsp3) is 0.382. The molecule has 8 nitrogen and oxygen atoms in total. The van der Waals surface area contributed by atoms with E-state index in [4.69, 9.17) is 4.74 Å². The lowest BCUT2D eigenvalue weighted by atomic mass is 10.1. The lowest BCUT2D eigenvalue weighted by Crippen LogP contribution is -2.48. The number of anilines is 3. The maximum Gasteiger partial charge on any atom is 0.329 e. The number of carbonyl (C=O) groups excluding carboxylic acids is 2. The minimum Gasteiger partial charge on any atom is -0.497 e. The number of carbonyl (C=O) groups is 2. The molecule has 1 aliphatic heterocycles. The third kappa shape index (κ3) is 11.0. The summed E-state index contributed by atoms with van der Waals surface area (Å²) in [5, 5.41) is 8.01. The maximum absolute atomic E-state index is 13.8. The van der Waals surface area contributed by atoms with E-state index in [1.807, 2.05) is 89.6 Å². The van der Waals surface area contributed by atoms with Gasteiger partial charge in [0.05, 0.1) is 25.0 Å². The van der Waals surface area contributed by atoms with Crippen molar-refractivity contribution in [3.63, 3.8) is 0 Å². The number of thioether (sulfide) groups is 1. The van der Waals surface area contributed by atoms with Crippen molar-refractivity contribution in [1.82, 2.24) is 4.90 Å². The number of nitrogens with one attached hydrogen (secondary N) is 2. The molecule has 43 heavy (non-hydrogen) atoms. The fourth-order valence-corrected chi connectivity index (χ4v) is 4.66. The summed E-state index contributed by atoms with van der Waals surface area (Å²) in [6.07, 6.45) is 4.56. The third-order valence-corrected chi connectivity index (χ3v) is 6.82. The predicted octanol–water partition coefficient (Wildman–Crippen LogP) is 8.71. The van der Waals surface area contributed by atoms with E-state index in [9.17, 15) is 9.59 Å². The Balaban J connectivity index is 0.00000221. The van der Waals surface area contributed by atoms with Crippen LogP contribution in [0.1, 0.15) is 61.0 Å². The molecule has 0 saturated heterocycles. The number of hydrogen-bond donors (Lipinski definition) is 2. The number of benzene rings is 2. The number of nitrogens with zero attached hydrogens (tertiary/aromatic N) is 3. The Morgan fingerprint density at radius 1 is 1.09 bits per heavy atom. The summed E-state index contributed by atoms with van der Waals surface area (Å²) in [6.45, 7) is 20.3. The number of amides is 3. The first-order valence-electron chi connectivity index (χ1n) is 14.7. The van der Waals surface area contributed by atoms with E-state index in [2.05, 4.69) is 29.1 Å². The highest BCUT2D eigenvalue weighted by molar-refractivity contribution is 8.01. The van der Waals surface area contributed by atoms with E-state index in [1.165, 1.54) is 6.92 Å². The molecular weight excluding hydrogens is 558 g/mol. The third-order valence-electron chi connectivity index (χ3n) is 6.19. The molecule has 3 amide bonds. The Labute approximate surface area is 263 Å². The molecule has 2 aromatic carbocycles. The topological polar surface area (TPSA) is 86.3 Å². The lowest BCUT2D eigenvalue weighted by molar-refractivity contribution is -0.114. The molecule has 9 heteroatoms. The second-order valence-corrected chi connectivity index (χ2v) is 9.92. The van der Waals surface area contributed by atoms with Crippen LogP contribution in [0.25, 0.3) is 0 Å². The number of rotatable bonds is 11. The van der Waals surface area contributed by atoms with E-state index >= 15 is 0 Å². The van der Waals surface area contributed by atoms with Gasteiger partial charge in [-0.2, -0.15) is 0 Å². The molecule has 0 saturated carbocycles. The summed E-state index contributed by atoms with van der Waals surface area (Å²) in [4.78, 5) is 33.4. The predicted molar refractivity (Wildman–Crippen MR) is 186 cm³/mol. The maximum atomic E-state index is 13.8. The highest BCUT2D eigenvalue weighted by atomic mass is 32.2. The molecule has 3 rings (SSSR count). The van der Waals surface area contributed by atoms with Crippen LogP contribution in [0.5, 0.6) is 5.75 Å². The molecule has 0 spiro atoms. The SMILES string of the molecule is C=C(/N=C\C1=C(C)N(C/C(C)=C/SC)C(=O)N(c2cc(CC)cc(OC)c2)C1)Nc1ccccc1NC(C)=O.CC.CC. The molecule has 2 N–H and O–H groups in total. The van der Waals surface area contributed by atoms with E-state index in [-0.39, 0.29) is 11.9 Å². The van der Waals surface area contributed by atoms with Crippen molar-refractivity contribution in [3.05, 3.63) is 82.7 Å². The number of aryl methyl sites for hydroxylation is 1. The van der Waals surface area contributed by atoms with Crippen LogP contribution in [0.2, 0.25) is 0 Å². The van der Waals surface area contributed by atoms with Gasteiger partial charge in [0, 0.05) is 42.7 Å². The molecule has 0 fully saturated rings. The molecule has 0 aromatic heterocycles. The summed E-state index contributed by atoms with van der Waals surface area (Å²) in [7, 11) is 1.63. The average molecular weight is 608 g/mol. The van der Waals surface area contributed by atoms with Crippen molar-refractivity contribution in [3.8, 4) is 5.75 Å². The number of para-hydroxylation sites is 2. The molecule has 1 aliphatic rings. The van der Waals surface area contributed by atoms with E-state index < -0.39 is 0 Å². The molecule has 0 atom stereocenters. The number of ether oxygens (including phenoxy) is 1. The Bertz CT molecular complexity index is 1310. The van der Waals surface area contributed by atoms with E-state index in [0.29, 0.717) is 36.0 Å². The van der Waals surface area contributed by atoms with Gasteiger partial charge in [-0.05, 0) is 67.3 Å². The zero-order chi connectivity index (χ0) is 32.5. The Morgan fingerprint density at radius 3 is 2.28 bits per heavy atom. The van der Waals surface area contributed by atoms with Crippen LogP contribution in [0.4, 0.5) is 21.9 Å². The lowest BCUT2D eigenvalue weighted by Gasteiger charge is -2.37. The smallest absolute Gasteiger partial charge is 0.329 e. The van der Waals surface area contributed by atoms with E-state index in [1.54, 1.807) is 41.0 Å². The largest absolute Gasteiger partial charge is 0.497 e. The minimum absolute atomic E-state index is 0.102. The molecule has 0 radical (unpaired) electrons.